The van der Waals surface area contributed by atoms with Gasteiger partial charge in [0.25, 0.3) is 10.9 Å². The van der Waals surface area contributed by atoms with E-state index in [4.69, 9.17) is 0 Å². The topological polar surface area (TPSA) is 70.2 Å². The molecule has 7 heteroatoms. The Balaban J connectivity index is 2.34. The van der Waals surface area contributed by atoms with Crippen LogP contribution in [0.25, 0.3) is 0 Å². The van der Waals surface area contributed by atoms with E-state index in [0.29, 0.717) is 30.5 Å². The van der Waals surface area contributed by atoms with Crippen LogP contribution in [0.2, 0.25) is 0 Å². The molecule has 0 aliphatic carbocycles. The molecule has 0 aliphatic rings. The third kappa shape index (κ3) is 5.38. The molecule has 20 heavy (non-hydrogen) atoms. The molecule has 1 rings (SSSR count). The number of anilines is 2. The van der Waals surface area contributed by atoms with E-state index in [1.54, 1.807) is 0 Å². The van der Waals surface area contributed by atoms with Gasteiger partial charge in [-0.2, -0.15) is 0 Å². The Labute approximate surface area is 128 Å². The Morgan fingerprint density at radius 1 is 1.00 bits per heavy atom. The molecule has 0 unspecified atom stereocenters. The second-order valence-electron chi connectivity index (χ2n) is 4.91. The number of nitrogens with one attached hydrogen (secondary N) is 3. The first-order chi connectivity index (χ1) is 9.57. The summed E-state index contributed by atoms with van der Waals surface area (Å²) < 4.78 is 0. The van der Waals surface area contributed by atoms with Crippen molar-refractivity contribution in [2.45, 2.75) is 32.7 Å². The molecule has 3 N–H and O–H groups in total. The zero-order chi connectivity index (χ0) is 15.0. The van der Waals surface area contributed by atoms with Crippen molar-refractivity contribution < 1.29 is 0 Å². The lowest BCUT2D eigenvalue weighted by Crippen LogP contribution is -2.39. The largest absolute Gasteiger partial charge is 0.380 e. The Bertz CT molecular complexity index is 470. The SMILES string of the molecule is CC(C)NCCNc1c(NCCCCSS)c(=O)c1=O. The average molecular weight is 317 g/mol. The lowest BCUT2D eigenvalue weighted by Gasteiger charge is -2.15. The first kappa shape index (κ1) is 17.4. The molecule has 0 heterocycles. The molecule has 114 valence electrons. The molecular formula is C13H23N3O2S2. The fourth-order valence-electron chi connectivity index (χ4n) is 1.78. The van der Waals surface area contributed by atoms with Gasteiger partial charge in [0.05, 0.1) is 0 Å². The zero-order valence-electron chi connectivity index (χ0n) is 12.0. The highest BCUT2D eigenvalue weighted by atomic mass is 33.1. The van der Waals surface area contributed by atoms with Crippen molar-refractivity contribution in [1.29, 1.82) is 0 Å². The molecule has 0 bridgehead atoms. The van der Waals surface area contributed by atoms with Gasteiger partial charge < -0.3 is 16.0 Å². The maximum absolute atomic E-state index is 11.5. The maximum Gasteiger partial charge on any atom is 0.253 e. The maximum atomic E-state index is 11.5. The highest BCUT2D eigenvalue weighted by Crippen LogP contribution is 2.14. The molecule has 0 saturated heterocycles. The predicted molar refractivity (Wildman–Crippen MR) is 92.2 cm³/mol. The quantitative estimate of drug-likeness (QED) is 0.214. The highest BCUT2D eigenvalue weighted by molar-refractivity contribution is 8.68. The van der Waals surface area contributed by atoms with E-state index in [-0.39, 0.29) is 0 Å². The molecule has 1 aromatic carbocycles. The fourth-order valence-corrected chi connectivity index (χ4v) is 2.50. The van der Waals surface area contributed by atoms with Crippen LogP contribution in [0.15, 0.2) is 9.59 Å². The van der Waals surface area contributed by atoms with Crippen molar-refractivity contribution in [3.8, 4) is 0 Å². The summed E-state index contributed by atoms with van der Waals surface area (Å²) >= 11 is 4.07. The number of rotatable bonds is 11. The average Bonchev–Trinajstić information content (AvgIpc) is 2.43. The normalized spacial score (nSPS) is 11.2. The van der Waals surface area contributed by atoms with Gasteiger partial charge in [0, 0.05) is 31.4 Å². The molecule has 0 saturated carbocycles. The van der Waals surface area contributed by atoms with Crippen molar-refractivity contribution in [2.75, 3.05) is 36.0 Å². The van der Waals surface area contributed by atoms with Gasteiger partial charge in [-0.15, -0.1) is 11.7 Å². The first-order valence-corrected chi connectivity index (χ1v) is 8.92. The summed E-state index contributed by atoms with van der Waals surface area (Å²) in [5.41, 5.74) is 0.0537. The Kier molecular flexibility index (Phi) is 8.09. The second-order valence-corrected chi connectivity index (χ2v) is 6.35. The van der Waals surface area contributed by atoms with Gasteiger partial charge in [-0.25, -0.2) is 0 Å². The van der Waals surface area contributed by atoms with Crippen molar-refractivity contribution in [3.05, 3.63) is 20.4 Å². The molecule has 0 atom stereocenters. The van der Waals surface area contributed by atoms with Crippen LogP contribution >= 0.6 is 22.5 Å². The first-order valence-electron chi connectivity index (χ1n) is 6.88. The summed E-state index contributed by atoms with van der Waals surface area (Å²) in [5, 5.41) is 9.32. The van der Waals surface area contributed by atoms with Gasteiger partial charge >= 0.3 is 0 Å². The fraction of sp³-hybridized carbons (Fsp3) is 0.692. The van der Waals surface area contributed by atoms with E-state index < -0.39 is 10.9 Å². The standard InChI is InChI=1S/C13H23N3O2S2/c1-9(2)14-6-7-16-11-10(12(17)13(11)18)15-5-3-4-8-20-19/h9,14-16,19H,3-8H2,1-2H3. The second kappa shape index (κ2) is 9.31. The van der Waals surface area contributed by atoms with Crippen LogP contribution in [0, 0.1) is 0 Å². The van der Waals surface area contributed by atoms with Crippen LogP contribution in [-0.4, -0.2) is 31.4 Å². The predicted octanol–water partition coefficient (Wildman–Crippen LogP) is 1.46. The van der Waals surface area contributed by atoms with Crippen LogP contribution in [0.1, 0.15) is 26.7 Å². The van der Waals surface area contributed by atoms with Crippen LogP contribution in [0.5, 0.6) is 0 Å². The Hall–Kier alpha value is -0.660. The zero-order valence-corrected chi connectivity index (χ0v) is 13.7. The third-order valence-electron chi connectivity index (χ3n) is 2.85. The Morgan fingerprint density at radius 3 is 2.15 bits per heavy atom. The van der Waals surface area contributed by atoms with Gasteiger partial charge in [0.15, 0.2) is 0 Å². The van der Waals surface area contributed by atoms with Gasteiger partial charge in [-0.1, -0.05) is 24.6 Å². The van der Waals surface area contributed by atoms with Crippen molar-refractivity contribution in [2.24, 2.45) is 0 Å². The highest BCUT2D eigenvalue weighted by Gasteiger charge is 2.19. The molecule has 0 spiro atoms. The summed E-state index contributed by atoms with van der Waals surface area (Å²) in [6, 6.07) is 0.409. The minimum atomic E-state index is -0.414. The van der Waals surface area contributed by atoms with Gasteiger partial charge in [-0.05, 0) is 12.8 Å². The molecule has 0 radical (unpaired) electrons. The van der Waals surface area contributed by atoms with Gasteiger partial charge in [0.2, 0.25) is 0 Å². The molecule has 0 amide bonds. The van der Waals surface area contributed by atoms with E-state index in [0.717, 1.165) is 25.1 Å². The smallest absolute Gasteiger partial charge is 0.253 e. The minimum absolute atomic E-state index is 0.409. The summed E-state index contributed by atoms with van der Waals surface area (Å²) in [6.07, 6.45) is 2.00. The van der Waals surface area contributed by atoms with E-state index >= 15 is 0 Å². The molecule has 1 aromatic rings. The summed E-state index contributed by atoms with van der Waals surface area (Å²) in [7, 11) is 1.51. The monoisotopic (exact) mass is 317 g/mol. The summed E-state index contributed by atoms with van der Waals surface area (Å²) in [4.78, 5) is 23.0. The lowest BCUT2D eigenvalue weighted by molar-refractivity contribution is 0.602. The van der Waals surface area contributed by atoms with Crippen LogP contribution in [0.3, 0.4) is 0 Å². The summed E-state index contributed by atoms with van der Waals surface area (Å²) in [5.74, 6) is 0.989. The molecule has 5 nitrogen and oxygen atoms in total. The lowest BCUT2D eigenvalue weighted by atomic mass is 10.2. The van der Waals surface area contributed by atoms with Gasteiger partial charge in [0.1, 0.15) is 11.4 Å². The number of unbranched alkanes of at least 4 members (excludes halogenated alkanes) is 1. The van der Waals surface area contributed by atoms with E-state index in [1.807, 2.05) is 0 Å². The van der Waals surface area contributed by atoms with Crippen LogP contribution < -0.4 is 26.8 Å². The van der Waals surface area contributed by atoms with E-state index in [1.165, 1.54) is 10.8 Å². The Morgan fingerprint density at radius 2 is 1.60 bits per heavy atom. The van der Waals surface area contributed by atoms with Gasteiger partial charge in [-0.3, -0.25) is 9.59 Å². The van der Waals surface area contributed by atoms with Crippen molar-refractivity contribution in [1.82, 2.24) is 5.32 Å². The van der Waals surface area contributed by atoms with Crippen molar-refractivity contribution >= 4 is 33.8 Å². The van der Waals surface area contributed by atoms with Crippen LogP contribution in [-0.2, 0) is 0 Å². The number of thiol groups is 1. The molecule has 0 aromatic heterocycles. The van der Waals surface area contributed by atoms with E-state index in [9.17, 15) is 9.59 Å². The number of hydrogen-bond donors (Lipinski definition) is 4. The minimum Gasteiger partial charge on any atom is -0.380 e. The van der Waals surface area contributed by atoms with Crippen molar-refractivity contribution in [3.63, 3.8) is 0 Å². The molecule has 0 aliphatic heterocycles. The summed E-state index contributed by atoms with van der Waals surface area (Å²) in [6.45, 7) is 6.22. The molecular weight excluding hydrogens is 294 g/mol. The van der Waals surface area contributed by atoms with Crippen LogP contribution in [0.4, 0.5) is 11.4 Å². The molecule has 0 fully saturated rings. The third-order valence-corrected chi connectivity index (χ3v) is 3.87. The number of hydrogen-bond acceptors (Lipinski definition) is 7. The van der Waals surface area contributed by atoms with E-state index in [2.05, 4.69) is 41.5 Å².